The molecule has 2 fully saturated rings. The second-order valence-electron chi connectivity index (χ2n) is 10.5. The number of carbonyl (C=O) groups is 2. The Balaban J connectivity index is 1.43. The van der Waals surface area contributed by atoms with Crippen LogP contribution in [-0.2, 0) is 14.3 Å². The Labute approximate surface area is 208 Å². The van der Waals surface area contributed by atoms with E-state index < -0.39 is 5.97 Å². The number of hydrogen-bond acceptors (Lipinski definition) is 5. The van der Waals surface area contributed by atoms with E-state index in [2.05, 4.69) is 29.7 Å². The number of carbonyl (C=O) groups excluding carboxylic acids is 1. The van der Waals surface area contributed by atoms with Gasteiger partial charge in [0.05, 0.1) is 19.4 Å². The zero-order chi connectivity index (χ0) is 24.6. The Morgan fingerprint density at radius 1 is 0.882 bits per heavy atom. The average molecular weight is 479 g/mol. The number of piperidine rings is 2. The zero-order valence-corrected chi connectivity index (χ0v) is 21.9. The molecule has 0 saturated carbocycles. The summed E-state index contributed by atoms with van der Waals surface area (Å²) in [6, 6.07) is 0. The first-order valence-corrected chi connectivity index (χ1v) is 13.9. The van der Waals surface area contributed by atoms with Crippen LogP contribution in [0.25, 0.3) is 0 Å². The van der Waals surface area contributed by atoms with Crippen LogP contribution >= 0.6 is 0 Å². The number of unbranched alkanes of at least 4 members (excludes halogenated alkanes) is 2. The molecule has 2 rings (SSSR count). The monoisotopic (exact) mass is 478 g/mol. The van der Waals surface area contributed by atoms with Gasteiger partial charge in [0.15, 0.2) is 0 Å². The smallest absolute Gasteiger partial charge is 0.307 e. The van der Waals surface area contributed by atoms with Gasteiger partial charge in [0.1, 0.15) is 0 Å². The minimum Gasteiger partial charge on any atom is -0.481 e. The van der Waals surface area contributed by atoms with Crippen LogP contribution in [0, 0.1) is 11.8 Å². The molecule has 0 spiro atoms. The predicted molar refractivity (Wildman–Crippen MR) is 138 cm³/mol. The van der Waals surface area contributed by atoms with Gasteiger partial charge < -0.3 is 19.6 Å². The van der Waals surface area contributed by atoms with E-state index in [1.165, 1.54) is 50.5 Å². The number of carboxylic acids is 1. The van der Waals surface area contributed by atoms with Crippen molar-refractivity contribution in [2.45, 2.75) is 97.3 Å². The molecule has 0 aromatic carbocycles. The molecule has 0 bridgehead atoms. The summed E-state index contributed by atoms with van der Waals surface area (Å²) >= 11 is 0. The molecule has 2 saturated heterocycles. The van der Waals surface area contributed by atoms with Gasteiger partial charge in [0.2, 0.25) is 0 Å². The van der Waals surface area contributed by atoms with Gasteiger partial charge in [-0.25, -0.2) is 0 Å². The lowest BCUT2D eigenvalue weighted by Gasteiger charge is -2.33. The van der Waals surface area contributed by atoms with E-state index in [4.69, 9.17) is 9.84 Å². The maximum atomic E-state index is 12.0. The van der Waals surface area contributed by atoms with Crippen molar-refractivity contribution in [3.05, 3.63) is 11.6 Å². The van der Waals surface area contributed by atoms with Crippen molar-refractivity contribution in [3.63, 3.8) is 0 Å². The molecule has 2 aliphatic rings. The van der Waals surface area contributed by atoms with Crippen molar-refractivity contribution >= 4 is 11.9 Å². The van der Waals surface area contributed by atoms with E-state index in [9.17, 15) is 9.59 Å². The Kier molecular flexibility index (Phi) is 14.5. The van der Waals surface area contributed by atoms with Crippen LogP contribution in [0.15, 0.2) is 11.6 Å². The summed E-state index contributed by atoms with van der Waals surface area (Å²) < 4.78 is 5.41. The van der Waals surface area contributed by atoms with Crippen molar-refractivity contribution in [1.82, 2.24) is 9.80 Å². The van der Waals surface area contributed by atoms with Crippen LogP contribution in [0.5, 0.6) is 0 Å². The maximum absolute atomic E-state index is 12.0. The number of likely N-dealkylation sites (tertiary alicyclic amines) is 2. The van der Waals surface area contributed by atoms with E-state index in [-0.39, 0.29) is 12.4 Å². The predicted octanol–water partition coefficient (Wildman–Crippen LogP) is 5.52. The molecule has 0 aliphatic carbocycles. The van der Waals surface area contributed by atoms with Crippen molar-refractivity contribution in [2.24, 2.45) is 11.8 Å². The van der Waals surface area contributed by atoms with E-state index in [1.54, 1.807) is 0 Å². The van der Waals surface area contributed by atoms with Crippen molar-refractivity contribution in [3.8, 4) is 0 Å². The number of esters is 1. The van der Waals surface area contributed by atoms with E-state index in [0.29, 0.717) is 19.6 Å². The zero-order valence-electron chi connectivity index (χ0n) is 21.9. The molecule has 1 N–H and O–H groups in total. The van der Waals surface area contributed by atoms with Crippen LogP contribution in [-0.4, -0.2) is 72.7 Å². The van der Waals surface area contributed by atoms with E-state index in [1.807, 2.05) is 0 Å². The fourth-order valence-electron chi connectivity index (χ4n) is 5.19. The maximum Gasteiger partial charge on any atom is 0.307 e. The molecule has 196 valence electrons. The Morgan fingerprint density at radius 3 is 1.97 bits per heavy atom. The average Bonchev–Trinajstić information content (AvgIpc) is 2.85. The third-order valence-electron chi connectivity index (χ3n) is 7.83. The van der Waals surface area contributed by atoms with Crippen molar-refractivity contribution < 1.29 is 19.4 Å². The second-order valence-corrected chi connectivity index (χ2v) is 10.5. The summed E-state index contributed by atoms with van der Waals surface area (Å²) in [6.45, 7) is 10.8. The Bertz CT molecular complexity index is 606. The first-order chi connectivity index (χ1) is 16.5. The molecule has 0 radical (unpaired) electrons. The first kappa shape index (κ1) is 28.8. The highest BCUT2D eigenvalue weighted by Crippen LogP contribution is 2.27. The highest BCUT2D eigenvalue weighted by atomic mass is 16.5. The van der Waals surface area contributed by atoms with Gasteiger partial charge in [0, 0.05) is 13.1 Å². The summed E-state index contributed by atoms with van der Waals surface area (Å²) in [5.74, 6) is 0.925. The minimum atomic E-state index is -0.690. The summed E-state index contributed by atoms with van der Waals surface area (Å²) in [5, 5.41) is 8.83. The quantitative estimate of drug-likeness (QED) is 0.179. The molecule has 6 heteroatoms. The number of rotatable bonds is 16. The molecule has 0 atom stereocenters. The topological polar surface area (TPSA) is 70.1 Å². The Morgan fingerprint density at radius 2 is 1.44 bits per heavy atom. The van der Waals surface area contributed by atoms with Gasteiger partial charge in [-0.1, -0.05) is 37.8 Å². The Hall–Kier alpha value is -1.40. The third kappa shape index (κ3) is 12.9. The number of aliphatic carboxylic acids is 1. The molecular weight excluding hydrogens is 428 g/mol. The van der Waals surface area contributed by atoms with Crippen LogP contribution in [0.4, 0.5) is 0 Å². The normalized spacial score (nSPS) is 19.4. The van der Waals surface area contributed by atoms with Crippen molar-refractivity contribution in [2.75, 3.05) is 45.9 Å². The summed E-state index contributed by atoms with van der Waals surface area (Å²) in [7, 11) is 0. The first-order valence-electron chi connectivity index (χ1n) is 13.9. The molecule has 0 amide bonds. The van der Waals surface area contributed by atoms with Crippen LogP contribution in [0.2, 0.25) is 0 Å². The number of ether oxygens (including phenoxy) is 1. The van der Waals surface area contributed by atoms with Gasteiger partial charge in [-0.2, -0.15) is 0 Å². The number of allylic oxidation sites excluding steroid dienone is 2. The molecule has 2 aliphatic heterocycles. The molecule has 0 aromatic rings. The number of carboxylic acid groups (broad SMARTS) is 1. The van der Waals surface area contributed by atoms with Gasteiger partial charge in [-0.3, -0.25) is 9.59 Å². The lowest BCUT2D eigenvalue weighted by atomic mass is 9.87. The number of hydrogen-bond donors (Lipinski definition) is 1. The molecule has 0 unspecified atom stereocenters. The standard InChI is InChI=1S/C28H50N2O4/c1-3-24(2)8-5-4-6-23-34-28(33)16-22-30-19-13-26(14-20-30)10-7-9-25-11-17-29(18-12-25)21-15-27(31)32/h8,25-26H,3-7,9-23H2,1-2H3,(H,31,32)/b24-8+. The highest BCUT2D eigenvalue weighted by molar-refractivity contribution is 5.69. The molecular formula is C28H50N2O4. The summed E-state index contributed by atoms with van der Waals surface area (Å²) in [4.78, 5) is 27.5. The molecule has 2 heterocycles. The SMILES string of the molecule is CC/C(C)=C/CCCCOC(=O)CCN1CCC(CCCC2CCN(CCC(=O)O)CC2)CC1. The minimum absolute atomic E-state index is 0.0450. The van der Waals surface area contributed by atoms with Gasteiger partial charge >= 0.3 is 11.9 Å². The molecule has 0 aromatic heterocycles. The van der Waals surface area contributed by atoms with Crippen LogP contribution in [0.3, 0.4) is 0 Å². The van der Waals surface area contributed by atoms with Crippen molar-refractivity contribution in [1.29, 1.82) is 0 Å². The van der Waals surface area contributed by atoms with Gasteiger partial charge in [-0.05, 0) is 96.3 Å². The van der Waals surface area contributed by atoms with Gasteiger partial charge in [-0.15, -0.1) is 0 Å². The van der Waals surface area contributed by atoms with Crippen LogP contribution < -0.4 is 0 Å². The lowest BCUT2D eigenvalue weighted by Crippen LogP contribution is -2.36. The fourth-order valence-corrected chi connectivity index (χ4v) is 5.19. The molecule has 6 nitrogen and oxygen atoms in total. The van der Waals surface area contributed by atoms with Crippen LogP contribution in [0.1, 0.15) is 97.3 Å². The van der Waals surface area contributed by atoms with Gasteiger partial charge in [0.25, 0.3) is 0 Å². The largest absolute Gasteiger partial charge is 0.481 e. The fraction of sp³-hybridized carbons (Fsp3) is 0.857. The lowest BCUT2D eigenvalue weighted by molar-refractivity contribution is -0.144. The van der Waals surface area contributed by atoms with E-state index >= 15 is 0 Å². The summed E-state index contributed by atoms with van der Waals surface area (Å²) in [6.07, 6.45) is 16.3. The second kappa shape index (κ2) is 17.1. The highest BCUT2D eigenvalue weighted by Gasteiger charge is 2.22. The molecule has 34 heavy (non-hydrogen) atoms. The number of nitrogens with zero attached hydrogens (tertiary/aromatic N) is 2. The third-order valence-corrected chi connectivity index (χ3v) is 7.83. The summed E-state index contributed by atoms with van der Waals surface area (Å²) in [5.41, 5.74) is 1.44. The van der Waals surface area contributed by atoms with E-state index in [0.717, 1.165) is 70.2 Å².